The smallest absolute Gasteiger partial charge is 0.475 e. The third kappa shape index (κ3) is 7.87. The van der Waals surface area contributed by atoms with Gasteiger partial charge in [0.05, 0.1) is 12.2 Å². The molecule has 0 unspecified atom stereocenters. The number of rotatable bonds is 5. The summed E-state index contributed by atoms with van der Waals surface area (Å²) in [6.45, 7) is 8.65. The van der Waals surface area contributed by atoms with Crippen LogP contribution in [0.5, 0.6) is 0 Å². The number of aromatic nitrogens is 1. The second kappa shape index (κ2) is 11.3. The molecule has 0 radical (unpaired) electrons. The third-order valence-corrected chi connectivity index (χ3v) is 6.03. The van der Waals surface area contributed by atoms with Crippen molar-refractivity contribution in [1.82, 2.24) is 14.8 Å². The highest BCUT2D eigenvalue weighted by Gasteiger charge is 2.41. The molecule has 0 aliphatic carbocycles. The van der Waals surface area contributed by atoms with Crippen LogP contribution in [0.2, 0.25) is 0 Å². The van der Waals surface area contributed by atoms with Crippen molar-refractivity contribution in [3.05, 3.63) is 42.2 Å². The van der Waals surface area contributed by atoms with Crippen LogP contribution >= 0.6 is 0 Å². The first-order chi connectivity index (χ1) is 15.5. The molecule has 10 heteroatoms. The number of likely N-dealkylation sites (tertiary alicyclic amines) is 2. The quantitative estimate of drug-likeness (QED) is 0.664. The number of allylic oxidation sites excluding steroid dienone is 1. The van der Waals surface area contributed by atoms with Gasteiger partial charge in [-0.25, -0.2) is 4.79 Å². The minimum absolute atomic E-state index is 0.160. The number of carboxylic acids is 1. The number of nitrogens with zero attached hydrogens (tertiary/aromatic N) is 3. The fourth-order valence-corrected chi connectivity index (χ4v) is 4.15. The number of pyridine rings is 1. The molecule has 2 amide bonds. The molecule has 1 aromatic heterocycles. The molecule has 0 bridgehead atoms. The predicted octanol–water partition coefficient (Wildman–Crippen LogP) is 3.72. The summed E-state index contributed by atoms with van der Waals surface area (Å²) in [6.07, 6.45) is 1.53. The van der Waals surface area contributed by atoms with Crippen LogP contribution in [0.4, 0.5) is 13.2 Å². The predicted molar refractivity (Wildman–Crippen MR) is 115 cm³/mol. The maximum absolute atomic E-state index is 12.4. The Bertz CT molecular complexity index is 865. The molecule has 0 atom stereocenters. The standard InChI is InChI=1S/C21H29N3O2.C2HF3O2/c1-3-4-8-19(25)23-13-11-21(12-14-23)10-9-20(26)24(16-21)15-18-7-5-6-17(2)22-18;3-2(4,5)1(6)7/h3,5-7H,1,4,8-16H2,2H3;(H,6,7). The minimum atomic E-state index is -5.08. The van der Waals surface area contributed by atoms with Crippen LogP contribution < -0.4 is 0 Å². The second-order valence-corrected chi connectivity index (χ2v) is 8.53. The van der Waals surface area contributed by atoms with E-state index in [1.54, 1.807) is 6.08 Å². The minimum Gasteiger partial charge on any atom is -0.475 e. The zero-order valence-electron chi connectivity index (χ0n) is 18.7. The SMILES string of the molecule is C=CCCC(=O)N1CCC2(CCC(=O)N(Cc3cccc(C)n3)C2)CC1.O=C(O)C(F)(F)F. The van der Waals surface area contributed by atoms with Crippen molar-refractivity contribution in [2.24, 2.45) is 5.41 Å². The van der Waals surface area contributed by atoms with Gasteiger partial charge in [0.15, 0.2) is 0 Å². The van der Waals surface area contributed by atoms with E-state index in [9.17, 15) is 22.8 Å². The molecule has 1 aromatic rings. The third-order valence-electron chi connectivity index (χ3n) is 6.03. The van der Waals surface area contributed by atoms with Gasteiger partial charge in [-0.15, -0.1) is 6.58 Å². The molecule has 3 heterocycles. The zero-order chi connectivity index (χ0) is 24.6. The van der Waals surface area contributed by atoms with Gasteiger partial charge < -0.3 is 14.9 Å². The summed E-state index contributed by atoms with van der Waals surface area (Å²) in [6, 6.07) is 5.96. The largest absolute Gasteiger partial charge is 0.490 e. The van der Waals surface area contributed by atoms with Crippen LogP contribution in [0, 0.1) is 12.3 Å². The van der Waals surface area contributed by atoms with Gasteiger partial charge in [-0.05, 0) is 50.2 Å². The van der Waals surface area contributed by atoms with E-state index < -0.39 is 12.1 Å². The van der Waals surface area contributed by atoms with E-state index in [0.29, 0.717) is 19.4 Å². The highest BCUT2D eigenvalue weighted by Crippen LogP contribution is 2.40. The summed E-state index contributed by atoms with van der Waals surface area (Å²) in [5, 5.41) is 7.12. The highest BCUT2D eigenvalue weighted by molar-refractivity contribution is 5.78. The molecule has 0 saturated carbocycles. The summed E-state index contributed by atoms with van der Waals surface area (Å²) in [5.74, 6) is -2.30. The molecule has 2 aliphatic heterocycles. The van der Waals surface area contributed by atoms with Crippen LogP contribution in [0.15, 0.2) is 30.9 Å². The lowest BCUT2D eigenvalue weighted by Gasteiger charge is -2.47. The van der Waals surface area contributed by atoms with Crippen LogP contribution in [0.1, 0.15) is 49.9 Å². The molecule has 1 spiro atoms. The molecule has 1 N–H and O–H groups in total. The summed E-state index contributed by atoms with van der Waals surface area (Å²) < 4.78 is 31.7. The van der Waals surface area contributed by atoms with Crippen molar-refractivity contribution in [1.29, 1.82) is 0 Å². The molecule has 0 aromatic carbocycles. The number of aliphatic carboxylic acids is 1. The summed E-state index contributed by atoms with van der Waals surface area (Å²) >= 11 is 0. The molecule has 2 fully saturated rings. The lowest BCUT2D eigenvalue weighted by molar-refractivity contribution is -0.192. The maximum atomic E-state index is 12.4. The molecular formula is C23H30F3N3O4. The van der Waals surface area contributed by atoms with E-state index in [0.717, 1.165) is 56.7 Å². The van der Waals surface area contributed by atoms with Gasteiger partial charge in [-0.1, -0.05) is 12.1 Å². The van der Waals surface area contributed by atoms with E-state index in [-0.39, 0.29) is 17.2 Å². The number of amides is 2. The van der Waals surface area contributed by atoms with E-state index >= 15 is 0 Å². The molecule has 2 aliphatic rings. The van der Waals surface area contributed by atoms with E-state index in [1.165, 1.54) is 0 Å². The van der Waals surface area contributed by atoms with Crippen molar-refractivity contribution in [3.8, 4) is 0 Å². The molecular weight excluding hydrogens is 439 g/mol. The zero-order valence-corrected chi connectivity index (χ0v) is 18.7. The Labute approximate surface area is 191 Å². The van der Waals surface area contributed by atoms with Gasteiger partial charge in [-0.3, -0.25) is 14.6 Å². The normalized spacial score (nSPS) is 17.9. The second-order valence-electron chi connectivity index (χ2n) is 8.53. The van der Waals surface area contributed by atoms with Gasteiger partial charge in [0.2, 0.25) is 11.8 Å². The van der Waals surface area contributed by atoms with Crippen LogP contribution in [-0.2, 0) is 20.9 Å². The first-order valence-corrected chi connectivity index (χ1v) is 10.8. The Hall–Kier alpha value is -2.91. The number of halogens is 3. The number of hydrogen-bond donors (Lipinski definition) is 1. The average molecular weight is 470 g/mol. The summed E-state index contributed by atoms with van der Waals surface area (Å²) in [7, 11) is 0. The number of hydrogen-bond acceptors (Lipinski definition) is 4. The Kier molecular flexibility index (Phi) is 9.01. The van der Waals surface area contributed by atoms with Crippen molar-refractivity contribution >= 4 is 17.8 Å². The van der Waals surface area contributed by atoms with Gasteiger partial charge in [0, 0.05) is 38.2 Å². The van der Waals surface area contributed by atoms with Crippen molar-refractivity contribution < 1.29 is 32.7 Å². The van der Waals surface area contributed by atoms with Gasteiger partial charge in [-0.2, -0.15) is 13.2 Å². The van der Waals surface area contributed by atoms with Crippen molar-refractivity contribution in [3.63, 3.8) is 0 Å². The Morgan fingerprint density at radius 3 is 2.42 bits per heavy atom. The topological polar surface area (TPSA) is 90.8 Å². The summed E-state index contributed by atoms with van der Waals surface area (Å²) in [5.41, 5.74) is 2.09. The van der Waals surface area contributed by atoms with Crippen molar-refractivity contribution in [2.75, 3.05) is 19.6 Å². The highest BCUT2D eigenvalue weighted by atomic mass is 19.4. The average Bonchev–Trinajstić information content (AvgIpc) is 2.75. The Balaban J connectivity index is 0.000000479. The van der Waals surface area contributed by atoms with E-state index in [4.69, 9.17) is 9.90 Å². The molecule has 7 nitrogen and oxygen atoms in total. The number of aryl methyl sites for hydroxylation is 1. The lowest BCUT2D eigenvalue weighted by Crippen LogP contribution is -2.52. The number of piperidine rings is 2. The van der Waals surface area contributed by atoms with Gasteiger partial charge in [0.1, 0.15) is 0 Å². The first kappa shape index (κ1) is 26.3. The van der Waals surface area contributed by atoms with Crippen LogP contribution in [0.25, 0.3) is 0 Å². The lowest BCUT2D eigenvalue weighted by atomic mass is 9.72. The number of alkyl halides is 3. The van der Waals surface area contributed by atoms with Crippen molar-refractivity contribution in [2.45, 2.75) is 58.2 Å². The summed E-state index contributed by atoms with van der Waals surface area (Å²) in [4.78, 5) is 42.0. The van der Waals surface area contributed by atoms with Gasteiger partial charge >= 0.3 is 12.1 Å². The number of carboxylic acid groups (broad SMARTS) is 1. The van der Waals surface area contributed by atoms with E-state index in [2.05, 4.69) is 11.6 Å². The molecule has 3 rings (SSSR count). The first-order valence-electron chi connectivity index (χ1n) is 10.8. The van der Waals surface area contributed by atoms with Crippen LogP contribution in [-0.4, -0.2) is 63.5 Å². The fourth-order valence-electron chi connectivity index (χ4n) is 4.15. The van der Waals surface area contributed by atoms with E-state index in [1.807, 2.05) is 34.9 Å². The van der Waals surface area contributed by atoms with Crippen LogP contribution in [0.3, 0.4) is 0 Å². The molecule has 2 saturated heterocycles. The Morgan fingerprint density at radius 1 is 1.24 bits per heavy atom. The number of carbonyl (C=O) groups is 3. The molecule has 182 valence electrons. The van der Waals surface area contributed by atoms with Gasteiger partial charge in [0.25, 0.3) is 0 Å². The fraction of sp³-hybridized carbons (Fsp3) is 0.565. The number of carbonyl (C=O) groups excluding carboxylic acids is 2. The Morgan fingerprint density at radius 2 is 1.88 bits per heavy atom. The maximum Gasteiger partial charge on any atom is 0.490 e. The monoisotopic (exact) mass is 469 g/mol. The molecule has 33 heavy (non-hydrogen) atoms.